The minimum absolute atomic E-state index is 0. The lowest BCUT2D eigenvalue weighted by atomic mass is 10.0. The van der Waals surface area contributed by atoms with E-state index in [1.807, 2.05) is 66.5 Å². The third kappa shape index (κ3) is 4.49. The van der Waals surface area contributed by atoms with E-state index in [0.29, 0.717) is 11.6 Å². The van der Waals surface area contributed by atoms with Crippen LogP contribution in [0.1, 0.15) is 23.2 Å². The average Bonchev–Trinajstić information content (AvgIpc) is 2.63. The number of hydrogen-bond donors (Lipinski definition) is 1. The lowest BCUT2D eigenvalue weighted by Crippen LogP contribution is -2.46. The Morgan fingerprint density at radius 1 is 1.08 bits per heavy atom. The summed E-state index contributed by atoms with van der Waals surface area (Å²) in [5, 5.41) is 3.26. The summed E-state index contributed by atoms with van der Waals surface area (Å²) in [6.07, 6.45) is 2.18. The summed E-state index contributed by atoms with van der Waals surface area (Å²) in [5.41, 5.74) is 0.710. The van der Waals surface area contributed by atoms with Crippen molar-refractivity contribution in [2.75, 3.05) is 20.1 Å². The van der Waals surface area contributed by atoms with Crippen molar-refractivity contribution in [2.45, 2.75) is 18.9 Å². The fourth-order valence-electron chi connectivity index (χ4n) is 2.87. The molecular formula is C19H23ClN2O2. The number of rotatable bonds is 4. The molecule has 5 heteroatoms. The van der Waals surface area contributed by atoms with E-state index in [-0.39, 0.29) is 18.3 Å². The Kier molecular flexibility index (Phi) is 6.64. The quantitative estimate of drug-likeness (QED) is 0.917. The van der Waals surface area contributed by atoms with E-state index in [1.165, 1.54) is 0 Å². The van der Waals surface area contributed by atoms with E-state index in [9.17, 15) is 4.79 Å². The molecule has 128 valence electrons. The largest absolute Gasteiger partial charge is 0.457 e. The van der Waals surface area contributed by atoms with Crippen LogP contribution >= 0.6 is 12.4 Å². The van der Waals surface area contributed by atoms with Crippen LogP contribution in [0.3, 0.4) is 0 Å². The first-order valence-corrected chi connectivity index (χ1v) is 8.06. The van der Waals surface area contributed by atoms with Crippen molar-refractivity contribution in [1.82, 2.24) is 10.2 Å². The van der Waals surface area contributed by atoms with Crippen LogP contribution in [0.5, 0.6) is 11.5 Å². The zero-order chi connectivity index (χ0) is 16.1. The van der Waals surface area contributed by atoms with Gasteiger partial charge in [0.2, 0.25) is 0 Å². The van der Waals surface area contributed by atoms with E-state index >= 15 is 0 Å². The van der Waals surface area contributed by atoms with Crippen molar-refractivity contribution in [3.63, 3.8) is 0 Å². The van der Waals surface area contributed by atoms with Gasteiger partial charge in [0.15, 0.2) is 0 Å². The SMILES string of the molecule is CNC1CCCN(C(=O)c2ccc(Oc3ccccc3)cc2)C1.Cl. The number of para-hydroxylation sites is 1. The van der Waals surface area contributed by atoms with Crippen LogP contribution in [0.25, 0.3) is 0 Å². The summed E-state index contributed by atoms with van der Waals surface area (Å²) in [4.78, 5) is 14.5. The van der Waals surface area contributed by atoms with Crippen molar-refractivity contribution in [2.24, 2.45) is 0 Å². The van der Waals surface area contributed by atoms with Gasteiger partial charge in [0.05, 0.1) is 0 Å². The third-order valence-electron chi connectivity index (χ3n) is 4.20. The summed E-state index contributed by atoms with van der Waals surface area (Å²) in [6, 6.07) is 17.4. The maximum absolute atomic E-state index is 12.6. The van der Waals surface area contributed by atoms with Gasteiger partial charge in [-0.2, -0.15) is 0 Å². The van der Waals surface area contributed by atoms with Gasteiger partial charge >= 0.3 is 0 Å². The van der Waals surface area contributed by atoms with E-state index < -0.39 is 0 Å². The molecule has 2 aromatic rings. The molecule has 0 spiro atoms. The normalized spacial score (nSPS) is 17.0. The van der Waals surface area contributed by atoms with E-state index in [1.54, 1.807) is 0 Å². The van der Waals surface area contributed by atoms with Crippen LogP contribution in [-0.2, 0) is 0 Å². The molecule has 1 unspecified atom stereocenters. The standard InChI is InChI=1S/C19H22N2O2.ClH/c1-20-16-6-5-13-21(14-16)19(22)15-9-11-18(12-10-15)23-17-7-3-2-4-8-17;/h2-4,7-12,16,20H,5-6,13-14H2,1H3;1H. The van der Waals surface area contributed by atoms with Gasteiger partial charge in [0.25, 0.3) is 5.91 Å². The van der Waals surface area contributed by atoms with Gasteiger partial charge in [-0.15, -0.1) is 12.4 Å². The molecule has 1 aliphatic heterocycles. The molecule has 1 N–H and O–H groups in total. The Balaban J connectivity index is 0.00000208. The molecule has 1 saturated heterocycles. The van der Waals surface area contributed by atoms with E-state index in [4.69, 9.17) is 4.74 Å². The van der Waals surface area contributed by atoms with Gasteiger partial charge in [0.1, 0.15) is 11.5 Å². The molecule has 3 rings (SSSR count). The zero-order valence-corrected chi connectivity index (χ0v) is 14.6. The van der Waals surface area contributed by atoms with Crippen LogP contribution in [0.4, 0.5) is 0 Å². The molecule has 24 heavy (non-hydrogen) atoms. The fourth-order valence-corrected chi connectivity index (χ4v) is 2.87. The second kappa shape index (κ2) is 8.71. The molecule has 1 atom stereocenters. The minimum atomic E-state index is 0. The molecule has 0 bridgehead atoms. The first-order chi connectivity index (χ1) is 11.3. The first kappa shape index (κ1) is 18.3. The Morgan fingerprint density at radius 2 is 1.75 bits per heavy atom. The van der Waals surface area contributed by atoms with Gasteiger partial charge in [-0.1, -0.05) is 18.2 Å². The number of carbonyl (C=O) groups excluding carboxylic acids is 1. The summed E-state index contributed by atoms with van der Waals surface area (Å²) in [6.45, 7) is 1.61. The van der Waals surface area contributed by atoms with E-state index in [0.717, 1.165) is 37.4 Å². The molecule has 1 aliphatic rings. The van der Waals surface area contributed by atoms with Crippen molar-refractivity contribution in [3.8, 4) is 11.5 Å². The number of benzene rings is 2. The topological polar surface area (TPSA) is 41.6 Å². The Morgan fingerprint density at radius 3 is 2.42 bits per heavy atom. The number of amides is 1. The van der Waals surface area contributed by atoms with Crippen molar-refractivity contribution in [3.05, 3.63) is 60.2 Å². The van der Waals surface area contributed by atoms with Crippen LogP contribution in [0.2, 0.25) is 0 Å². The maximum Gasteiger partial charge on any atom is 0.253 e. The molecule has 1 heterocycles. The van der Waals surface area contributed by atoms with Crippen molar-refractivity contribution < 1.29 is 9.53 Å². The number of likely N-dealkylation sites (N-methyl/N-ethyl adjacent to an activating group) is 1. The summed E-state index contributed by atoms with van der Waals surface area (Å²) < 4.78 is 5.76. The van der Waals surface area contributed by atoms with Gasteiger partial charge in [0, 0.05) is 24.7 Å². The molecule has 2 aromatic carbocycles. The van der Waals surface area contributed by atoms with Gasteiger partial charge in [-0.05, 0) is 56.3 Å². The number of nitrogens with zero attached hydrogens (tertiary/aromatic N) is 1. The molecule has 4 nitrogen and oxygen atoms in total. The smallest absolute Gasteiger partial charge is 0.253 e. The monoisotopic (exact) mass is 346 g/mol. The van der Waals surface area contributed by atoms with Crippen molar-refractivity contribution in [1.29, 1.82) is 0 Å². The number of nitrogens with one attached hydrogen (secondary N) is 1. The lowest BCUT2D eigenvalue weighted by Gasteiger charge is -2.32. The maximum atomic E-state index is 12.6. The summed E-state index contributed by atoms with van der Waals surface area (Å²) >= 11 is 0. The zero-order valence-electron chi connectivity index (χ0n) is 13.8. The van der Waals surface area contributed by atoms with Gasteiger partial charge in [-0.3, -0.25) is 4.79 Å². The molecule has 0 aromatic heterocycles. The molecular weight excluding hydrogens is 324 g/mol. The Labute approximate surface area is 149 Å². The van der Waals surface area contributed by atoms with Crippen LogP contribution in [0.15, 0.2) is 54.6 Å². The third-order valence-corrected chi connectivity index (χ3v) is 4.20. The number of halogens is 1. The van der Waals surface area contributed by atoms with E-state index in [2.05, 4.69) is 5.32 Å². The molecule has 1 fully saturated rings. The lowest BCUT2D eigenvalue weighted by molar-refractivity contribution is 0.0698. The van der Waals surface area contributed by atoms with Gasteiger partial charge < -0.3 is 15.0 Å². The summed E-state index contributed by atoms with van der Waals surface area (Å²) in [5.74, 6) is 1.62. The second-order valence-electron chi connectivity index (χ2n) is 5.82. The fraction of sp³-hybridized carbons (Fsp3) is 0.316. The molecule has 0 radical (unpaired) electrons. The van der Waals surface area contributed by atoms with Crippen molar-refractivity contribution >= 4 is 18.3 Å². The molecule has 0 aliphatic carbocycles. The Hall–Kier alpha value is -2.04. The minimum Gasteiger partial charge on any atom is -0.457 e. The highest BCUT2D eigenvalue weighted by Crippen LogP contribution is 2.22. The highest BCUT2D eigenvalue weighted by molar-refractivity contribution is 5.94. The Bertz CT molecular complexity index is 646. The first-order valence-electron chi connectivity index (χ1n) is 8.06. The highest BCUT2D eigenvalue weighted by Gasteiger charge is 2.23. The van der Waals surface area contributed by atoms with Gasteiger partial charge in [-0.25, -0.2) is 0 Å². The average molecular weight is 347 g/mol. The molecule has 0 saturated carbocycles. The molecule has 1 amide bonds. The second-order valence-corrected chi connectivity index (χ2v) is 5.82. The number of piperidine rings is 1. The highest BCUT2D eigenvalue weighted by atomic mass is 35.5. The van der Waals surface area contributed by atoms with Crippen LogP contribution in [-0.4, -0.2) is 37.0 Å². The predicted octanol–water partition coefficient (Wildman–Crippen LogP) is 3.72. The number of likely N-dealkylation sites (tertiary alicyclic amines) is 1. The van der Waals surface area contributed by atoms with Crippen LogP contribution in [0, 0.1) is 0 Å². The number of carbonyl (C=O) groups is 1. The predicted molar refractivity (Wildman–Crippen MR) is 98.2 cm³/mol. The van der Waals surface area contributed by atoms with Crippen LogP contribution < -0.4 is 10.1 Å². The number of hydrogen-bond acceptors (Lipinski definition) is 3. The number of ether oxygens (including phenoxy) is 1. The summed E-state index contributed by atoms with van der Waals surface area (Å²) in [7, 11) is 1.95.